The molecule has 0 radical (unpaired) electrons. The van der Waals surface area contributed by atoms with Crippen LogP contribution in [0.3, 0.4) is 0 Å². The highest BCUT2D eigenvalue weighted by Gasteiger charge is 2.60. The Morgan fingerprint density at radius 2 is 1.92 bits per heavy atom. The summed E-state index contributed by atoms with van der Waals surface area (Å²) in [5.41, 5.74) is -0.266. The van der Waals surface area contributed by atoms with Crippen LogP contribution in [0.4, 0.5) is 0 Å². The molecular formula is C20H18ClNO3S. The number of carbonyl (C=O) groups is 1. The van der Waals surface area contributed by atoms with Crippen molar-refractivity contribution in [2.75, 3.05) is 6.61 Å². The summed E-state index contributed by atoms with van der Waals surface area (Å²) in [6, 6.07) is 18.2. The zero-order valence-electron chi connectivity index (χ0n) is 14.1. The van der Waals surface area contributed by atoms with Crippen LogP contribution in [0.5, 0.6) is 0 Å². The SMILES string of the molecule is CCOC(=O)[C@@H]1S[C@@H](c2ccc(Cl)cc2)[C@@H](C#N)[C@]1(O)c1ccccc1. The van der Waals surface area contributed by atoms with Crippen molar-refractivity contribution < 1.29 is 14.6 Å². The number of carbonyl (C=O) groups excluding carboxylic acids is 1. The van der Waals surface area contributed by atoms with E-state index in [1.807, 2.05) is 18.2 Å². The number of nitriles is 1. The molecule has 3 rings (SSSR count). The molecule has 6 heteroatoms. The highest BCUT2D eigenvalue weighted by Crippen LogP contribution is 2.58. The van der Waals surface area contributed by atoms with Gasteiger partial charge in [-0.3, -0.25) is 4.79 Å². The fourth-order valence-corrected chi connectivity index (χ4v) is 5.13. The zero-order chi connectivity index (χ0) is 18.7. The standard InChI is InChI=1S/C20H18ClNO3S/c1-2-25-19(23)18-20(24,14-6-4-3-5-7-14)16(12-22)17(26-18)13-8-10-15(21)11-9-13/h3-11,16-18,24H,2H2,1H3/t16-,17+,18+,20-/m1/s1. The number of benzene rings is 2. The summed E-state index contributed by atoms with van der Waals surface area (Å²) in [6.07, 6.45) is 0. The van der Waals surface area contributed by atoms with E-state index in [-0.39, 0.29) is 11.9 Å². The van der Waals surface area contributed by atoms with E-state index in [2.05, 4.69) is 6.07 Å². The Labute approximate surface area is 161 Å². The lowest BCUT2D eigenvalue weighted by atomic mass is 9.76. The van der Waals surface area contributed by atoms with E-state index in [4.69, 9.17) is 16.3 Å². The summed E-state index contributed by atoms with van der Waals surface area (Å²) in [4.78, 5) is 12.6. The number of hydrogen-bond acceptors (Lipinski definition) is 5. The molecule has 0 aliphatic carbocycles. The molecule has 4 nitrogen and oxygen atoms in total. The van der Waals surface area contributed by atoms with Gasteiger partial charge in [0.15, 0.2) is 0 Å². The first-order chi connectivity index (χ1) is 12.5. The van der Waals surface area contributed by atoms with Gasteiger partial charge in [-0.15, -0.1) is 11.8 Å². The number of aliphatic hydroxyl groups is 1. The van der Waals surface area contributed by atoms with Crippen LogP contribution in [0.1, 0.15) is 23.3 Å². The van der Waals surface area contributed by atoms with Crippen LogP contribution in [-0.4, -0.2) is 22.9 Å². The van der Waals surface area contributed by atoms with E-state index >= 15 is 0 Å². The molecule has 0 aromatic heterocycles. The molecule has 0 saturated carbocycles. The van der Waals surface area contributed by atoms with Crippen molar-refractivity contribution in [3.05, 3.63) is 70.7 Å². The van der Waals surface area contributed by atoms with Gasteiger partial charge < -0.3 is 9.84 Å². The second-order valence-electron chi connectivity index (χ2n) is 6.04. The number of halogens is 1. The molecule has 26 heavy (non-hydrogen) atoms. The molecule has 2 aromatic rings. The first-order valence-corrected chi connectivity index (χ1v) is 9.59. The van der Waals surface area contributed by atoms with E-state index in [0.29, 0.717) is 10.6 Å². The van der Waals surface area contributed by atoms with E-state index in [1.165, 1.54) is 11.8 Å². The molecule has 134 valence electrons. The smallest absolute Gasteiger partial charge is 0.322 e. The van der Waals surface area contributed by atoms with E-state index in [9.17, 15) is 15.2 Å². The number of ether oxygens (including phenoxy) is 1. The second kappa shape index (κ2) is 7.71. The van der Waals surface area contributed by atoms with Gasteiger partial charge in [-0.1, -0.05) is 54.1 Å². The van der Waals surface area contributed by atoms with Crippen molar-refractivity contribution >= 4 is 29.3 Å². The number of esters is 1. The quantitative estimate of drug-likeness (QED) is 0.800. The third-order valence-electron chi connectivity index (χ3n) is 4.53. The fourth-order valence-electron chi connectivity index (χ4n) is 3.30. The normalized spacial score (nSPS) is 27.7. The lowest BCUT2D eigenvalue weighted by molar-refractivity contribution is -0.148. The van der Waals surface area contributed by atoms with Crippen molar-refractivity contribution in [2.45, 2.75) is 23.0 Å². The predicted molar refractivity (Wildman–Crippen MR) is 102 cm³/mol. The first-order valence-electron chi connectivity index (χ1n) is 8.27. The Hall–Kier alpha value is -2.00. The van der Waals surface area contributed by atoms with Gasteiger partial charge in [0.2, 0.25) is 0 Å². The monoisotopic (exact) mass is 387 g/mol. The summed E-state index contributed by atoms with van der Waals surface area (Å²) in [5.74, 6) is -1.33. The summed E-state index contributed by atoms with van der Waals surface area (Å²) in [7, 11) is 0. The molecular weight excluding hydrogens is 370 g/mol. The minimum Gasteiger partial charge on any atom is -0.465 e. The van der Waals surface area contributed by atoms with Gasteiger partial charge >= 0.3 is 5.97 Å². The van der Waals surface area contributed by atoms with E-state index in [1.54, 1.807) is 43.3 Å². The lowest BCUT2D eigenvalue weighted by Gasteiger charge is -2.31. The third kappa shape index (κ3) is 3.21. The van der Waals surface area contributed by atoms with Gasteiger partial charge in [0, 0.05) is 10.3 Å². The number of rotatable bonds is 4. The minimum absolute atomic E-state index is 0.212. The maximum atomic E-state index is 12.6. The van der Waals surface area contributed by atoms with Crippen molar-refractivity contribution in [3.63, 3.8) is 0 Å². The largest absolute Gasteiger partial charge is 0.465 e. The van der Waals surface area contributed by atoms with Crippen molar-refractivity contribution in [3.8, 4) is 6.07 Å². The van der Waals surface area contributed by atoms with Crippen LogP contribution in [0.15, 0.2) is 54.6 Å². The molecule has 0 bridgehead atoms. The van der Waals surface area contributed by atoms with Crippen LogP contribution < -0.4 is 0 Å². The first kappa shape index (κ1) is 18.8. The fraction of sp³-hybridized carbons (Fsp3) is 0.300. The molecule has 0 spiro atoms. The second-order valence-corrected chi connectivity index (χ2v) is 7.73. The molecule has 1 aliphatic heterocycles. The summed E-state index contributed by atoms with van der Waals surface area (Å²) >= 11 is 7.23. The third-order valence-corrected chi connectivity index (χ3v) is 6.45. The van der Waals surface area contributed by atoms with Gasteiger partial charge in [0.05, 0.1) is 18.6 Å². The minimum atomic E-state index is -1.64. The van der Waals surface area contributed by atoms with E-state index < -0.39 is 22.7 Å². The van der Waals surface area contributed by atoms with Gasteiger partial charge in [-0.2, -0.15) is 5.26 Å². The molecule has 1 heterocycles. The molecule has 1 saturated heterocycles. The van der Waals surface area contributed by atoms with Crippen LogP contribution >= 0.6 is 23.4 Å². The summed E-state index contributed by atoms with van der Waals surface area (Å²) in [5, 5.41) is 20.8. The Kier molecular flexibility index (Phi) is 5.57. The molecule has 4 atom stereocenters. The maximum absolute atomic E-state index is 12.6. The molecule has 1 aliphatic rings. The van der Waals surface area contributed by atoms with Crippen molar-refractivity contribution in [1.29, 1.82) is 5.26 Å². The molecule has 0 unspecified atom stereocenters. The van der Waals surface area contributed by atoms with Gasteiger partial charge in [-0.05, 0) is 30.2 Å². The Morgan fingerprint density at radius 3 is 2.50 bits per heavy atom. The average molecular weight is 388 g/mol. The predicted octanol–water partition coefficient (Wildman–Crippen LogP) is 4.09. The topological polar surface area (TPSA) is 70.3 Å². The van der Waals surface area contributed by atoms with Crippen LogP contribution in [0.25, 0.3) is 0 Å². The van der Waals surface area contributed by atoms with E-state index in [0.717, 1.165) is 5.56 Å². The van der Waals surface area contributed by atoms with Crippen LogP contribution in [-0.2, 0) is 15.1 Å². The lowest BCUT2D eigenvalue weighted by Crippen LogP contribution is -2.44. The number of hydrogen-bond donors (Lipinski definition) is 1. The Bertz CT molecular complexity index is 821. The highest BCUT2D eigenvalue weighted by atomic mass is 35.5. The van der Waals surface area contributed by atoms with Crippen LogP contribution in [0.2, 0.25) is 5.02 Å². The maximum Gasteiger partial charge on any atom is 0.322 e. The molecule has 2 aromatic carbocycles. The number of thioether (sulfide) groups is 1. The van der Waals surface area contributed by atoms with Crippen molar-refractivity contribution in [2.24, 2.45) is 5.92 Å². The Balaban J connectivity index is 2.10. The van der Waals surface area contributed by atoms with Gasteiger partial charge in [0.25, 0.3) is 0 Å². The zero-order valence-corrected chi connectivity index (χ0v) is 15.7. The molecule has 1 fully saturated rings. The summed E-state index contributed by atoms with van der Waals surface area (Å²) in [6.45, 7) is 1.93. The van der Waals surface area contributed by atoms with Crippen LogP contribution in [0, 0.1) is 17.2 Å². The van der Waals surface area contributed by atoms with Gasteiger partial charge in [-0.25, -0.2) is 0 Å². The Morgan fingerprint density at radius 1 is 1.27 bits per heavy atom. The molecule has 0 amide bonds. The molecule has 1 N–H and O–H groups in total. The highest BCUT2D eigenvalue weighted by molar-refractivity contribution is 8.01. The average Bonchev–Trinajstić information content (AvgIpc) is 2.97. The summed E-state index contributed by atoms with van der Waals surface area (Å²) < 4.78 is 5.19. The number of nitrogens with zero attached hydrogens (tertiary/aromatic N) is 1. The van der Waals surface area contributed by atoms with Gasteiger partial charge in [0.1, 0.15) is 10.9 Å². The van der Waals surface area contributed by atoms with Crippen molar-refractivity contribution in [1.82, 2.24) is 0 Å².